The molecule has 0 amide bonds. The van der Waals surface area contributed by atoms with Crippen LogP contribution in [0.1, 0.15) is 16.3 Å². The van der Waals surface area contributed by atoms with Gasteiger partial charge in [0, 0.05) is 22.6 Å². The molecular weight excluding hydrogens is 352 g/mol. The minimum atomic E-state index is 0.493. The van der Waals surface area contributed by atoms with E-state index in [0.717, 1.165) is 22.6 Å². The molecule has 0 N–H and O–H groups in total. The van der Waals surface area contributed by atoms with Gasteiger partial charge >= 0.3 is 0 Å². The highest BCUT2D eigenvalue weighted by Crippen LogP contribution is 2.29. The number of aryl methyl sites for hydroxylation is 1. The number of rotatable bonds is 4. The van der Waals surface area contributed by atoms with Gasteiger partial charge in [0.25, 0.3) is 0 Å². The molecule has 0 unspecified atom stereocenters. The third-order valence-electron chi connectivity index (χ3n) is 4.17. The number of aromatic nitrogens is 1. The molecule has 0 bridgehead atoms. The van der Waals surface area contributed by atoms with Crippen molar-refractivity contribution in [3.8, 4) is 28.7 Å². The fraction of sp³-hybridized carbons (Fsp3) is 0.0435. The normalized spacial score (nSPS) is 11.3. The van der Waals surface area contributed by atoms with Gasteiger partial charge in [-0.1, -0.05) is 60.2 Å². The van der Waals surface area contributed by atoms with Crippen LogP contribution < -0.4 is 0 Å². The standard InChI is InChI=1S/C23H16N2OS/c1-16-7-9-18(10-8-16)22-12-11-20(26-22)13-19(14-24)23-25-21(15-27-23)17-5-3-2-4-6-17/h2-13,15H,1H3. The van der Waals surface area contributed by atoms with Crippen LogP contribution in [0.4, 0.5) is 0 Å². The summed E-state index contributed by atoms with van der Waals surface area (Å²) in [6.07, 6.45) is 1.74. The predicted octanol–water partition coefficient (Wildman–Crippen LogP) is 6.44. The van der Waals surface area contributed by atoms with Crippen LogP contribution in [0.5, 0.6) is 0 Å². The van der Waals surface area contributed by atoms with Gasteiger partial charge in [-0.05, 0) is 19.1 Å². The first kappa shape index (κ1) is 17.0. The van der Waals surface area contributed by atoms with Crippen molar-refractivity contribution in [2.75, 3.05) is 0 Å². The molecule has 2 aromatic carbocycles. The van der Waals surface area contributed by atoms with Crippen LogP contribution in [0.25, 0.3) is 34.2 Å². The molecule has 2 heterocycles. The zero-order valence-corrected chi connectivity index (χ0v) is 15.5. The molecule has 0 aliphatic heterocycles. The van der Waals surface area contributed by atoms with Gasteiger partial charge in [-0.25, -0.2) is 4.98 Å². The fourth-order valence-corrected chi connectivity index (χ4v) is 3.52. The maximum absolute atomic E-state index is 9.58. The van der Waals surface area contributed by atoms with E-state index < -0.39 is 0 Å². The smallest absolute Gasteiger partial charge is 0.134 e. The topological polar surface area (TPSA) is 49.8 Å². The number of nitrogens with zero attached hydrogens (tertiary/aromatic N) is 2. The summed E-state index contributed by atoms with van der Waals surface area (Å²) in [5.41, 5.74) is 4.62. The molecule has 130 valence electrons. The van der Waals surface area contributed by atoms with Crippen molar-refractivity contribution in [3.63, 3.8) is 0 Å². The molecular formula is C23H16N2OS. The summed E-state index contributed by atoms with van der Waals surface area (Å²) in [7, 11) is 0. The Hall–Kier alpha value is -3.42. The molecule has 3 nitrogen and oxygen atoms in total. The van der Waals surface area contributed by atoms with Gasteiger partial charge in [0.15, 0.2) is 0 Å². The summed E-state index contributed by atoms with van der Waals surface area (Å²) >= 11 is 1.46. The van der Waals surface area contributed by atoms with Crippen LogP contribution in [-0.4, -0.2) is 4.98 Å². The summed E-state index contributed by atoms with van der Waals surface area (Å²) < 4.78 is 5.90. The Morgan fingerprint density at radius 1 is 1.00 bits per heavy atom. The van der Waals surface area contributed by atoms with E-state index in [0.29, 0.717) is 16.3 Å². The van der Waals surface area contributed by atoms with Crippen molar-refractivity contribution >= 4 is 23.0 Å². The number of allylic oxidation sites excluding steroid dienone is 1. The molecule has 2 aromatic heterocycles. The number of benzene rings is 2. The van der Waals surface area contributed by atoms with Crippen LogP contribution in [0, 0.1) is 18.3 Å². The minimum absolute atomic E-state index is 0.493. The lowest BCUT2D eigenvalue weighted by Gasteiger charge is -1.97. The third kappa shape index (κ3) is 3.74. The van der Waals surface area contributed by atoms with Gasteiger partial charge in [-0.3, -0.25) is 0 Å². The number of hydrogen-bond donors (Lipinski definition) is 0. The molecule has 0 aliphatic rings. The summed E-state index contributed by atoms with van der Waals surface area (Å²) in [5, 5.41) is 12.2. The van der Waals surface area contributed by atoms with Gasteiger partial charge in [-0.15, -0.1) is 11.3 Å². The van der Waals surface area contributed by atoms with Crippen molar-refractivity contribution in [1.29, 1.82) is 5.26 Å². The van der Waals surface area contributed by atoms with E-state index in [1.807, 2.05) is 60.0 Å². The van der Waals surface area contributed by atoms with Crippen molar-refractivity contribution < 1.29 is 4.42 Å². The second kappa shape index (κ2) is 7.45. The Balaban J connectivity index is 1.62. The molecule has 0 fully saturated rings. The van der Waals surface area contributed by atoms with E-state index in [1.54, 1.807) is 6.08 Å². The predicted molar refractivity (Wildman–Crippen MR) is 110 cm³/mol. The summed E-state index contributed by atoms with van der Waals surface area (Å²) in [6, 6.07) is 24.1. The first-order valence-corrected chi connectivity index (χ1v) is 9.41. The molecule has 0 atom stereocenters. The van der Waals surface area contributed by atoms with Crippen LogP contribution in [-0.2, 0) is 0 Å². The Kier molecular flexibility index (Phi) is 4.69. The average Bonchev–Trinajstić information content (AvgIpc) is 3.37. The molecule has 4 heteroatoms. The molecule has 0 radical (unpaired) electrons. The first-order chi connectivity index (χ1) is 13.2. The van der Waals surface area contributed by atoms with E-state index in [1.165, 1.54) is 16.9 Å². The number of thiazole rings is 1. The van der Waals surface area contributed by atoms with E-state index in [9.17, 15) is 5.26 Å². The van der Waals surface area contributed by atoms with Crippen molar-refractivity contribution in [1.82, 2.24) is 4.98 Å². The molecule has 4 rings (SSSR count). The molecule has 0 aliphatic carbocycles. The Morgan fingerprint density at radius 3 is 2.52 bits per heavy atom. The maximum Gasteiger partial charge on any atom is 0.134 e. The second-order valence-corrected chi connectivity index (χ2v) is 7.00. The quantitative estimate of drug-likeness (QED) is 0.389. The maximum atomic E-state index is 9.58. The van der Waals surface area contributed by atoms with E-state index in [-0.39, 0.29) is 0 Å². The summed E-state index contributed by atoms with van der Waals surface area (Å²) in [5.74, 6) is 1.42. The lowest BCUT2D eigenvalue weighted by Crippen LogP contribution is -1.82. The highest BCUT2D eigenvalue weighted by molar-refractivity contribution is 7.11. The van der Waals surface area contributed by atoms with Gasteiger partial charge in [0.05, 0.1) is 11.3 Å². The first-order valence-electron chi connectivity index (χ1n) is 8.53. The van der Waals surface area contributed by atoms with Crippen LogP contribution in [0.15, 0.2) is 76.5 Å². The fourth-order valence-electron chi connectivity index (χ4n) is 2.73. The van der Waals surface area contributed by atoms with Gasteiger partial charge in [0.1, 0.15) is 22.6 Å². The SMILES string of the molecule is Cc1ccc(-c2ccc(C=C(C#N)c3nc(-c4ccccc4)cs3)o2)cc1. The number of furan rings is 1. The highest BCUT2D eigenvalue weighted by atomic mass is 32.1. The molecule has 0 spiro atoms. The van der Waals surface area contributed by atoms with Crippen LogP contribution in [0.3, 0.4) is 0 Å². The average molecular weight is 368 g/mol. The molecule has 4 aromatic rings. The molecule has 27 heavy (non-hydrogen) atoms. The van der Waals surface area contributed by atoms with Crippen molar-refractivity contribution in [2.24, 2.45) is 0 Å². The van der Waals surface area contributed by atoms with E-state index in [4.69, 9.17) is 4.42 Å². The van der Waals surface area contributed by atoms with E-state index in [2.05, 4.69) is 30.1 Å². The zero-order chi connectivity index (χ0) is 18.6. The summed E-state index contributed by atoms with van der Waals surface area (Å²) in [4.78, 5) is 4.61. The second-order valence-electron chi connectivity index (χ2n) is 6.14. The third-order valence-corrected chi connectivity index (χ3v) is 5.05. The van der Waals surface area contributed by atoms with Gasteiger partial charge in [-0.2, -0.15) is 5.26 Å². The Labute approximate surface area is 161 Å². The summed E-state index contributed by atoms with van der Waals surface area (Å²) in [6.45, 7) is 2.05. The van der Waals surface area contributed by atoms with Crippen molar-refractivity contribution in [2.45, 2.75) is 6.92 Å². The number of nitriles is 1. The Morgan fingerprint density at radius 2 is 1.78 bits per heavy atom. The van der Waals surface area contributed by atoms with Crippen LogP contribution in [0.2, 0.25) is 0 Å². The monoisotopic (exact) mass is 368 g/mol. The zero-order valence-electron chi connectivity index (χ0n) is 14.7. The minimum Gasteiger partial charge on any atom is -0.457 e. The lowest BCUT2D eigenvalue weighted by molar-refractivity contribution is 0.572. The Bertz CT molecular complexity index is 1130. The largest absolute Gasteiger partial charge is 0.457 e. The van der Waals surface area contributed by atoms with E-state index >= 15 is 0 Å². The van der Waals surface area contributed by atoms with Crippen LogP contribution >= 0.6 is 11.3 Å². The van der Waals surface area contributed by atoms with Crippen molar-refractivity contribution in [3.05, 3.63) is 88.4 Å². The highest BCUT2D eigenvalue weighted by Gasteiger charge is 2.10. The molecule has 0 saturated carbocycles. The van der Waals surface area contributed by atoms with Gasteiger partial charge < -0.3 is 4.42 Å². The van der Waals surface area contributed by atoms with Gasteiger partial charge in [0.2, 0.25) is 0 Å². The number of hydrogen-bond acceptors (Lipinski definition) is 4. The molecule has 0 saturated heterocycles. The lowest BCUT2D eigenvalue weighted by atomic mass is 10.1.